The topological polar surface area (TPSA) is 122 Å². The smallest absolute Gasteiger partial charge is 0.308 e. The molecule has 1 heterocycles. The van der Waals surface area contributed by atoms with Gasteiger partial charge in [-0.15, -0.1) is 0 Å². The van der Waals surface area contributed by atoms with Crippen molar-refractivity contribution in [2.75, 3.05) is 11.9 Å². The van der Waals surface area contributed by atoms with Crippen molar-refractivity contribution in [3.05, 3.63) is 94.5 Å². The van der Waals surface area contributed by atoms with E-state index in [-0.39, 0.29) is 41.2 Å². The molecule has 0 aromatic heterocycles. The van der Waals surface area contributed by atoms with E-state index in [1.807, 2.05) is 13.8 Å². The van der Waals surface area contributed by atoms with Crippen LogP contribution in [-0.2, 0) is 11.3 Å². The first-order valence-electron chi connectivity index (χ1n) is 12.1. The number of ether oxygens (including phenoxy) is 1. The van der Waals surface area contributed by atoms with Crippen LogP contribution in [0.15, 0.2) is 66.7 Å². The normalized spacial score (nSPS) is 12.4. The minimum Gasteiger partial charge on any atom is -0.427 e. The van der Waals surface area contributed by atoms with E-state index in [2.05, 4.69) is 10.6 Å². The number of carbonyl (C=O) groups is 5. The number of rotatable bonds is 8. The van der Waals surface area contributed by atoms with Crippen molar-refractivity contribution in [2.45, 2.75) is 27.3 Å². The lowest BCUT2D eigenvalue weighted by Gasteiger charge is -2.15. The Bertz CT molecular complexity index is 1450. The number of benzene rings is 3. The van der Waals surface area contributed by atoms with Crippen molar-refractivity contribution < 1.29 is 28.7 Å². The molecule has 194 valence electrons. The number of fused-ring (bicyclic) bond motifs is 1. The van der Waals surface area contributed by atoms with Crippen molar-refractivity contribution in [1.82, 2.24) is 10.2 Å². The third kappa shape index (κ3) is 5.95. The molecule has 3 aromatic rings. The predicted octanol–water partition coefficient (Wildman–Crippen LogP) is 4.05. The maximum absolute atomic E-state index is 12.9. The Labute approximate surface area is 219 Å². The van der Waals surface area contributed by atoms with Crippen molar-refractivity contribution >= 4 is 35.3 Å². The van der Waals surface area contributed by atoms with E-state index in [0.717, 1.165) is 5.56 Å². The van der Waals surface area contributed by atoms with E-state index in [9.17, 15) is 24.0 Å². The van der Waals surface area contributed by atoms with Crippen LogP contribution in [0.5, 0.6) is 5.75 Å². The maximum Gasteiger partial charge on any atom is 0.308 e. The van der Waals surface area contributed by atoms with E-state index in [0.29, 0.717) is 23.4 Å². The first-order chi connectivity index (χ1) is 18.1. The van der Waals surface area contributed by atoms with Crippen molar-refractivity contribution in [3.8, 4) is 5.75 Å². The number of hydrogen-bond donors (Lipinski definition) is 2. The van der Waals surface area contributed by atoms with Crippen LogP contribution >= 0.6 is 0 Å². The summed E-state index contributed by atoms with van der Waals surface area (Å²) in [5.41, 5.74) is 2.35. The molecule has 4 amide bonds. The van der Waals surface area contributed by atoms with Crippen LogP contribution in [0, 0.1) is 5.92 Å². The van der Waals surface area contributed by atoms with Gasteiger partial charge in [-0.1, -0.05) is 32.0 Å². The molecule has 0 saturated carbocycles. The lowest BCUT2D eigenvalue weighted by atomic mass is 10.1. The summed E-state index contributed by atoms with van der Waals surface area (Å²) in [5, 5.41) is 5.59. The van der Waals surface area contributed by atoms with Crippen molar-refractivity contribution in [1.29, 1.82) is 0 Å². The highest BCUT2D eigenvalue weighted by Crippen LogP contribution is 2.25. The Kier molecular flexibility index (Phi) is 7.66. The van der Waals surface area contributed by atoms with Crippen LogP contribution in [-0.4, -0.2) is 41.0 Å². The molecule has 4 rings (SSSR count). The number of nitrogens with zero attached hydrogens (tertiary/aromatic N) is 1. The molecule has 9 nitrogen and oxygen atoms in total. The second kappa shape index (κ2) is 11.1. The molecule has 1 aliphatic rings. The molecule has 0 unspecified atom stereocenters. The van der Waals surface area contributed by atoms with Gasteiger partial charge in [-0.25, -0.2) is 0 Å². The summed E-state index contributed by atoms with van der Waals surface area (Å²) < 4.78 is 5.02. The molecule has 0 atom stereocenters. The summed E-state index contributed by atoms with van der Waals surface area (Å²) in [6.07, 6.45) is 0. The molecule has 0 bridgehead atoms. The number of anilines is 1. The highest BCUT2D eigenvalue weighted by Gasteiger charge is 2.36. The number of esters is 1. The second-order valence-corrected chi connectivity index (χ2v) is 9.33. The Balaban J connectivity index is 1.40. The molecule has 3 aromatic carbocycles. The van der Waals surface area contributed by atoms with Crippen LogP contribution in [0.4, 0.5) is 5.69 Å². The van der Waals surface area contributed by atoms with Crippen LogP contribution in [0.2, 0.25) is 0 Å². The van der Waals surface area contributed by atoms with E-state index < -0.39 is 17.8 Å². The lowest BCUT2D eigenvalue weighted by Crippen LogP contribution is -2.33. The van der Waals surface area contributed by atoms with E-state index in [1.54, 1.807) is 42.5 Å². The third-order valence-corrected chi connectivity index (χ3v) is 5.78. The summed E-state index contributed by atoms with van der Waals surface area (Å²) in [5.74, 6) is -1.60. The summed E-state index contributed by atoms with van der Waals surface area (Å²) in [4.78, 5) is 63.1. The standard InChI is InChI=1S/C29H27N3O6/c1-17(2)16-32-28(36)24-11-10-21(14-25(24)29(32)37)27(35)31-22-8-4-6-19(12-22)15-30-26(34)20-7-5-9-23(13-20)38-18(3)33/h4-14,17H,15-16H2,1-3H3,(H,30,34)(H,31,35). The van der Waals surface area contributed by atoms with Crippen molar-refractivity contribution in [2.24, 2.45) is 5.92 Å². The fourth-order valence-corrected chi connectivity index (χ4v) is 4.08. The quantitative estimate of drug-likeness (QED) is 0.266. The molecule has 1 aliphatic heterocycles. The van der Waals surface area contributed by atoms with Gasteiger partial charge in [0, 0.05) is 36.8 Å². The van der Waals surface area contributed by atoms with Gasteiger partial charge >= 0.3 is 5.97 Å². The molecule has 0 fully saturated rings. The van der Waals surface area contributed by atoms with Crippen LogP contribution < -0.4 is 15.4 Å². The number of hydrogen-bond acceptors (Lipinski definition) is 6. The molecule has 2 N–H and O–H groups in total. The van der Waals surface area contributed by atoms with Gasteiger partial charge in [0.05, 0.1) is 11.1 Å². The van der Waals surface area contributed by atoms with Gasteiger partial charge in [0.15, 0.2) is 0 Å². The van der Waals surface area contributed by atoms with Gasteiger partial charge in [-0.2, -0.15) is 0 Å². The molecule has 38 heavy (non-hydrogen) atoms. The van der Waals surface area contributed by atoms with Crippen molar-refractivity contribution in [3.63, 3.8) is 0 Å². The highest BCUT2D eigenvalue weighted by atomic mass is 16.5. The molecule has 0 radical (unpaired) electrons. The molecule has 0 saturated heterocycles. The number of amides is 4. The SMILES string of the molecule is CC(=O)Oc1cccc(C(=O)NCc2cccc(NC(=O)c3ccc4c(c3)C(=O)N(CC(C)C)C4=O)c2)c1. The van der Waals surface area contributed by atoms with E-state index >= 15 is 0 Å². The zero-order valence-electron chi connectivity index (χ0n) is 21.2. The van der Waals surface area contributed by atoms with Gasteiger partial charge in [0.1, 0.15) is 5.75 Å². The predicted molar refractivity (Wildman–Crippen MR) is 140 cm³/mol. The molecular formula is C29H27N3O6. The molecule has 9 heteroatoms. The van der Waals surface area contributed by atoms with Crippen LogP contribution in [0.1, 0.15) is 67.8 Å². The van der Waals surface area contributed by atoms with Gasteiger partial charge in [-0.3, -0.25) is 28.9 Å². The summed E-state index contributed by atoms with van der Waals surface area (Å²) in [6, 6.07) is 17.7. The summed E-state index contributed by atoms with van der Waals surface area (Å²) in [6.45, 7) is 5.64. The Hall–Kier alpha value is -4.79. The van der Waals surface area contributed by atoms with Gasteiger partial charge in [0.25, 0.3) is 23.6 Å². The Morgan fingerprint density at radius 3 is 2.29 bits per heavy atom. The van der Waals surface area contributed by atoms with E-state index in [1.165, 1.54) is 36.1 Å². The zero-order valence-corrected chi connectivity index (χ0v) is 21.2. The third-order valence-electron chi connectivity index (χ3n) is 5.78. The molecular weight excluding hydrogens is 486 g/mol. The number of nitrogens with one attached hydrogen (secondary N) is 2. The fraction of sp³-hybridized carbons (Fsp3) is 0.207. The highest BCUT2D eigenvalue weighted by molar-refractivity contribution is 6.22. The average molecular weight is 514 g/mol. The number of imide groups is 1. The largest absolute Gasteiger partial charge is 0.427 e. The first-order valence-corrected chi connectivity index (χ1v) is 12.1. The van der Waals surface area contributed by atoms with Gasteiger partial charge in [-0.05, 0) is 60.0 Å². The molecule has 0 spiro atoms. The minimum absolute atomic E-state index is 0.128. The Morgan fingerprint density at radius 2 is 1.55 bits per heavy atom. The number of carbonyl (C=O) groups excluding carboxylic acids is 5. The first kappa shape index (κ1) is 26.3. The van der Waals surface area contributed by atoms with Crippen LogP contribution in [0.25, 0.3) is 0 Å². The second-order valence-electron chi connectivity index (χ2n) is 9.33. The summed E-state index contributed by atoms with van der Waals surface area (Å²) >= 11 is 0. The fourth-order valence-electron chi connectivity index (χ4n) is 4.08. The average Bonchev–Trinajstić information content (AvgIpc) is 3.11. The molecule has 0 aliphatic carbocycles. The monoisotopic (exact) mass is 513 g/mol. The van der Waals surface area contributed by atoms with Crippen LogP contribution in [0.3, 0.4) is 0 Å². The lowest BCUT2D eigenvalue weighted by molar-refractivity contribution is -0.131. The zero-order chi connectivity index (χ0) is 27.4. The van der Waals surface area contributed by atoms with Gasteiger partial charge < -0.3 is 15.4 Å². The maximum atomic E-state index is 12.9. The Morgan fingerprint density at radius 1 is 0.842 bits per heavy atom. The van der Waals surface area contributed by atoms with E-state index in [4.69, 9.17) is 4.74 Å². The summed E-state index contributed by atoms with van der Waals surface area (Å²) in [7, 11) is 0. The van der Waals surface area contributed by atoms with Gasteiger partial charge in [0.2, 0.25) is 0 Å². The minimum atomic E-state index is -0.477.